The van der Waals surface area contributed by atoms with Crippen molar-refractivity contribution in [1.29, 1.82) is 5.26 Å². The zero-order chi connectivity index (χ0) is 27.4. The number of alkyl halides is 3. The Morgan fingerprint density at radius 1 is 1.16 bits per heavy atom. The fourth-order valence-electron chi connectivity index (χ4n) is 4.40. The van der Waals surface area contributed by atoms with Gasteiger partial charge in [0.1, 0.15) is 18.2 Å². The van der Waals surface area contributed by atoms with Crippen LogP contribution in [-0.4, -0.2) is 21.6 Å². The van der Waals surface area contributed by atoms with E-state index in [2.05, 4.69) is 15.7 Å². The number of amides is 2. The SMILES string of the molecule is N#CCn1ncc2c3c(c(NC(=O)c4cc(F)cc(C(F)(F)F)c4)cc21)[C@@H](c1cc(F)ccc1Cl)NC3=O. The first-order chi connectivity index (χ1) is 18.0. The molecule has 1 aromatic heterocycles. The predicted octanol–water partition coefficient (Wildman–Crippen LogP) is 5.60. The summed E-state index contributed by atoms with van der Waals surface area (Å²) in [5, 5.41) is 18.8. The zero-order valence-corrected chi connectivity index (χ0v) is 19.6. The summed E-state index contributed by atoms with van der Waals surface area (Å²) >= 11 is 6.28. The number of carbonyl (C=O) groups is 2. The summed E-state index contributed by atoms with van der Waals surface area (Å²) in [6, 6.07) is 7.09. The minimum atomic E-state index is -4.91. The lowest BCUT2D eigenvalue weighted by atomic mass is 9.94. The van der Waals surface area contributed by atoms with Crippen molar-refractivity contribution in [1.82, 2.24) is 15.1 Å². The quantitative estimate of drug-likeness (QED) is 0.326. The highest BCUT2D eigenvalue weighted by molar-refractivity contribution is 6.31. The molecule has 38 heavy (non-hydrogen) atoms. The maximum atomic E-state index is 14.1. The molecule has 0 spiro atoms. The van der Waals surface area contributed by atoms with Crippen molar-refractivity contribution in [2.75, 3.05) is 5.32 Å². The Hall–Kier alpha value is -4.50. The summed E-state index contributed by atoms with van der Waals surface area (Å²) in [7, 11) is 0. The van der Waals surface area contributed by atoms with Gasteiger partial charge in [-0.2, -0.15) is 23.5 Å². The monoisotopic (exact) mass is 545 g/mol. The Labute approximate surface area is 215 Å². The lowest BCUT2D eigenvalue weighted by molar-refractivity contribution is -0.137. The fourth-order valence-corrected chi connectivity index (χ4v) is 4.62. The van der Waals surface area contributed by atoms with Crippen LogP contribution in [0.2, 0.25) is 5.02 Å². The molecule has 0 aliphatic carbocycles. The summed E-state index contributed by atoms with van der Waals surface area (Å²) in [4.78, 5) is 26.2. The first-order valence-corrected chi connectivity index (χ1v) is 11.2. The fraction of sp³-hybridized carbons (Fsp3) is 0.120. The highest BCUT2D eigenvalue weighted by Crippen LogP contribution is 2.43. The number of nitrogens with zero attached hydrogens (tertiary/aromatic N) is 3. The van der Waals surface area contributed by atoms with Gasteiger partial charge in [0, 0.05) is 32.8 Å². The van der Waals surface area contributed by atoms with E-state index in [1.165, 1.54) is 23.0 Å². The molecule has 192 valence electrons. The van der Waals surface area contributed by atoms with Crippen LogP contribution in [0.3, 0.4) is 0 Å². The van der Waals surface area contributed by atoms with E-state index in [-0.39, 0.29) is 45.5 Å². The van der Waals surface area contributed by atoms with Crippen molar-refractivity contribution in [2.45, 2.75) is 18.8 Å². The Morgan fingerprint density at radius 2 is 1.92 bits per heavy atom. The molecule has 0 radical (unpaired) electrons. The molecule has 1 aliphatic heterocycles. The van der Waals surface area contributed by atoms with E-state index in [9.17, 15) is 31.5 Å². The third-order valence-corrected chi connectivity index (χ3v) is 6.35. The van der Waals surface area contributed by atoms with Gasteiger partial charge in [-0.25, -0.2) is 8.78 Å². The van der Waals surface area contributed by atoms with Crippen LogP contribution < -0.4 is 10.6 Å². The van der Waals surface area contributed by atoms with E-state index in [0.717, 1.165) is 12.1 Å². The van der Waals surface area contributed by atoms with Crippen molar-refractivity contribution in [2.24, 2.45) is 0 Å². The van der Waals surface area contributed by atoms with Crippen molar-refractivity contribution in [3.8, 4) is 6.07 Å². The molecule has 3 aromatic carbocycles. The van der Waals surface area contributed by atoms with Crippen LogP contribution in [0.4, 0.5) is 27.6 Å². The number of nitriles is 1. The van der Waals surface area contributed by atoms with Crippen LogP contribution in [0.1, 0.15) is 43.4 Å². The molecule has 1 atom stereocenters. The molecule has 13 heteroatoms. The summed E-state index contributed by atoms with van der Waals surface area (Å²) in [5.41, 5.74) is -1.44. The Bertz CT molecular complexity index is 1690. The van der Waals surface area contributed by atoms with Gasteiger partial charge in [-0.05, 0) is 42.5 Å². The molecule has 0 bridgehead atoms. The molecule has 2 heterocycles. The molecule has 5 rings (SSSR count). The number of fused-ring (bicyclic) bond motifs is 3. The minimum Gasteiger partial charge on any atom is -0.341 e. The summed E-state index contributed by atoms with van der Waals surface area (Å²) in [6.45, 7) is -0.213. The molecule has 1 aliphatic rings. The summed E-state index contributed by atoms with van der Waals surface area (Å²) in [5.74, 6) is -3.65. The van der Waals surface area contributed by atoms with Crippen LogP contribution in [0.15, 0.2) is 48.7 Å². The van der Waals surface area contributed by atoms with E-state index >= 15 is 0 Å². The second kappa shape index (κ2) is 9.11. The number of aromatic nitrogens is 2. The third kappa shape index (κ3) is 4.31. The van der Waals surface area contributed by atoms with Crippen LogP contribution in [-0.2, 0) is 12.7 Å². The maximum Gasteiger partial charge on any atom is 0.416 e. The minimum absolute atomic E-state index is 0.0440. The number of nitrogens with one attached hydrogen (secondary N) is 2. The Morgan fingerprint density at radius 3 is 2.63 bits per heavy atom. The van der Waals surface area contributed by atoms with E-state index in [4.69, 9.17) is 16.9 Å². The van der Waals surface area contributed by atoms with Gasteiger partial charge in [0.15, 0.2) is 0 Å². The number of anilines is 1. The molecular weight excluding hydrogens is 533 g/mol. The van der Waals surface area contributed by atoms with Crippen LogP contribution in [0.5, 0.6) is 0 Å². The van der Waals surface area contributed by atoms with Crippen molar-refractivity contribution < 1.29 is 31.5 Å². The highest BCUT2D eigenvalue weighted by atomic mass is 35.5. The van der Waals surface area contributed by atoms with E-state index in [1.807, 2.05) is 6.07 Å². The average molecular weight is 546 g/mol. The highest BCUT2D eigenvalue weighted by Gasteiger charge is 2.37. The van der Waals surface area contributed by atoms with Gasteiger partial charge in [0.25, 0.3) is 11.8 Å². The van der Waals surface area contributed by atoms with E-state index in [0.29, 0.717) is 17.5 Å². The van der Waals surface area contributed by atoms with E-state index in [1.54, 1.807) is 0 Å². The average Bonchev–Trinajstić information content (AvgIpc) is 3.41. The smallest absolute Gasteiger partial charge is 0.341 e. The number of rotatable bonds is 4. The molecular formula is C25H13ClF5N5O2. The normalized spacial score (nSPS) is 14.8. The molecule has 0 fully saturated rings. The second-order valence-corrected chi connectivity index (χ2v) is 8.77. The standard InChI is InChI=1S/C25H13ClF5N5O2/c26-17-2-1-13(27)8-15(17)22-21-18(34-23(37)11-5-12(25(29,30)31)7-14(28)6-11)9-19-16(20(21)24(38)35-22)10-33-36(19)4-3-32/h1-2,5-10,22H,4H2,(H,34,37)(H,35,38)/t22-/m1/s1. The first-order valence-electron chi connectivity index (χ1n) is 10.8. The zero-order valence-electron chi connectivity index (χ0n) is 18.8. The van der Waals surface area contributed by atoms with Crippen LogP contribution in [0, 0.1) is 23.0 Å². The molecule has 4 aromatic rings. The molecule has 0 unspecified atom stereocenters. The van der Waals surface area contributed by atoms with Gasteiger partial charge >= 0.3 is 6.18 Å². The second-order valence-electron chi connectivity index (χ2n) is 8.36. The van der Waals surface area contributed by atoms with Crippen molar-refractivity contribution in [3.63, 3.8) is 0 Å². The Kier molecular flexibility index (Phi) is 6.03. The number of halogens is 6. The van der Waals surface area contributed by atoms with Gasteiger partial charge in [0.2, 0.25) is 0 Å². The Balaban J connectivity index is 1.70. The maximum absolute atomic E-state index is 14.1. The van der Waals surface area contributed by atoms with Gasteiger partial charge in [0.05, 0.1) is 35.0 Å². The number of benzene rings is 3. The van der Waals surface area contributed by atoms with Gasteiger partial charge in [-0.1, -0.05) is 11.6 Å². The van der Waals surface area contributed by atoms with Gasteiger partial charge < -0.3 is 10.6 Å². The summed E-state index contributed by atoms with van der Waals surface area (Å²) < 4.78 is 68.9. The van der Waals surface area contributed by atoms with E-state index < -0.39 is 46.8 Å². The van der Waals surface area contributed by atoms with Gasteiger partial charge in [-0.3, -0.25) is 14.3 Å². The molecule has 0 saturated heterocycles. The lowest BCUT2D eigenvalue weighted by Gasteiger charge is -2.19. The predicted molar refractivity (Wildman–Crippen MR) is 125 cm³/mol. The van der Waals surface area contributed by atoms with Crippen molar-refractivity contribution >= 4 is 40.0 Å². The lowest BCUT2D eigenvalue weighted by Crippen LogP contribution is -2.21. The van der Waals surface area contributed by atoms with Crippen LogP contribution in [0.25, 0.3) is 10.9 Å². The molecule has 7 nitrogen and oxygen atoms in total. The van der Waals surface area contributed by atoms with Crippen LogP contribution >= 0.6 is 11.6 Å². The number of carbonyl (C=O) groups excluding carboxylic acids is 2. The molecule has 0 saturated carbocycles. The van der Waals surface area contributed by atoms with Gasteiger partial charge in [-0.15, -0.1) is 0 Å². The topological polar surface area (TPSA) is 99.8 Å². The third-order valence-electron chi connectivity index (χ3n) is 6.01. The summed E-state index contributed by atoms with van der Waals surface area (Å²) in [6.07, 6.45) is -3.56. The largest absolute Gasteiger partial charge is 0.416 e. The number of hydrogen-bond donors (Lipinski definition) is 2. The number of hydrogen-bond acceptors (Lipinski definition) is 4. The van der Waals surface area contributed by atoms with Crippen molar-refractivity contribution in [3.05, 3.63) is 93.1 Å². The first kappa shape index (κ1) is 25.2. The molecule has 2 amide bonds. The molecule has 2 N–H and O–H groups in total.